The molecular weight excluding hydrogens is 394 g/mol. The number of nitrogens with zero attached hydrogens (tertiary/aromatic N) is 3. The topological polar surface area (TPSA) is 141 Å². The molecule has 0 bridgehead atoms. The summed E-state index contributed by atoms with van der Waals surface area (Å²) in [6, 6.07) is 9.45. The maximum atomic E-state index is 12.3. The van der Waals surface area contributed by atoms with Gasteiger partial charge in [0.25, 0.3) is 5.56 Å². The number of aliphatic hydroxyl groups excluding tert-OH is 1. The minimum atomic E-state index is -0.731. The number of benzene rings is 1. The van der Waals surface area contributed by atoms with Crippen LogP contribution < -0.4 is 10.9 Å². The molecule has 2 aliphatic rings. The quantitative estimate of drug-likeness (QED) is 0.560. The van der Waals surface area contributed by atoms with Gasteiger partial charge in [0.05, 0.1) is 12.9 Å². The SMILES string of the molecule is CC(=O)Nc1nc2c(ncn2[C@@H]2O[C@H](CO)C3OC(c4ccccc4)O[C@@H]32)c(=O)[nH]1. The lowest BCUT2D eigenvalue weighted by Gasteiger charge is -2.20. The number of H-pyrrole nitrogens is 1. The third-order valence-corrected chi connectivity index (χ3v) is 5.10. The Hall–Kier alpha value is -3.12. The number of aromatic amines is 1. The summed E-state index contributed by atoms with van der Waals surface area (Å²) in [4.78, 5) is 34.6. The van der Waals surface area contributed by atoms with Gasteiger partial charge in [-0.15, -0.1) is 0 Å². The van der Waals surface area contributed by atoms with Gasteiger partial charge >= 0.3 is 0 Å². The fourth-order valence-electron chi connectivity index (χ4n) is 3.81. The fraction of sp³-hybridized carbons (Fsp3) is 0.368. The smallest absolute Gasteiger partial charge is 0.280 e. The number of nitrogens with one attached hydrogen (secondary N) is 2. The van der Waals surface area contributed by atoms with Crippen LogP contribution in [0.15, 0.2) is 41.5 Å². The van der Waals surface area contributed by atoms with Gasteiger partial charge in [-0.05, 0) is 0 Å². The molecule has 1 aromatic carbocycles. The van der Waals surface area contributed by atoms with Crippen molar-refractivity contribution in [3.8, 4) is 0 Å². The molecule has 3 N–H and O–H groups in total. The normalized spacial score (nSPS) is 28.0. The Balaban J connectivity index is 1.52. The average Bonchev–Trinajstić information content (AvgIpc) is 3.41. The highest BCUT2D eigenvalue weighted by molar-refractivity contribution is 5.87. The van der Waals surface area contributed by atoms with Crippen molar-refractivity contribution < 1.29 is 24.1 Å². The summed E-state index contributed by atoms with van der Waals surface area (Å²) in [6.45, 7) is 1.05. The number of amides is 1. The summed E-state index contributed by atoms with van der Waals surface area (Å²) in [5, 5.41) is 12.2. The van der Waals surface area contributed by atoms with E-state index in [1.807, 2.05) is 30.3 Å². The van der Waals surface area contributed by atoms with Crippen molar-refractivity contribution >= 4 is 23.0 Å². The zero-order valence-electron chi connectivity index (χ0n) is 15.9. The number of hydrogen-bond donors (Lipinski definition) is 3. The summed E-state index contributed by atoms with van der Waals surface area (Å²) in [5.74, 6) is -0.375. The molecule has 30 heavy (non-hydrogen) atoms. The van der Waals surface area contributed by atoms with Crippen LogP contribution in [-0.2, 0) is 19.0 Å². The Kier molecular flexibility index (Phi) is 4.59. The van der Waals surface area contributed by atoms with Crippen molar-refractivity contribution in [1.29, 1.82) is 0 Å². The van der Waals surface area contributed by atoms with Gasteiger partial charge in [0, 0.05) is 12.5 Å². The van der Waals surface area contributed by atoms with E-state index in [-0.39, 0.29) is 29.6 Å². The minimum Gasteiger partial charge on any atom is -0.394 e. The van der Waals surface area contributed by atoms with Crippen LogP contribution in [0.25, 0.3) is 11.2 Å². The van der Waals surface area contributed by atoms with Crippen molar-refractivity contribution in [2.45, 2.75) is 37.8 Å². The van der Waals surface area contributed by atoms with E-state index in [9.17, 15) is 14.7 Å². The van der Waals surface area contributed by atoms with Crippen LogP contribution in [0, 0.1) is 0 Å². The lowest BCUT2D eigenvalue weighted by molar-refractivity contribution is -0.153. The Morgan fingerprint density at radius 1 is 1.23 bits per heavy atom. The molecule has 5 rings (SSSR count). The van der Waals surface area contributed by atoms with Crippen LogP contribution in [0.2, 0.25) is 0 Å². The van der Waals surface area contributed by atoms with Gasteiger partial charge in [0.1, 0.15) is 18.3 Å². The van der Waals surface area contributed by atoms with Gasteiger partial charge in [-0.3, -0.25) is 24.5 Å². The monoisotopic (exact) mass is 413 g/mol. The molecule has 5 atom stereocenters. The Labute approximate surface area is 169 Å². The van der Waals surface area contributed by atoms with Gasteiger partial charge in [-0.25, -0.2) is 4.98 Å². The van der Waals surface area contributed by atoms with Gasteiger partial charge in [0.2, 0.25) is 11.9 Å². The summed E-state index contributed by atoms with van der Waals surface area (Å²) in [5.41, 5.74) is 0.661. The number of carbonyl (C=O) groups is 1. The molecule has 0 aliphatic carbocycles. The first kappa shape index (κ1) is 18.9. The van der Waals surface area contributed by atoms with E-state index in [1.165, 1.54) is 13.3 Å². The number of imidazole rings is 1. The van der Waals surface area contributed by atoms with Crippen LogP contribution in [0.1, 0.15) is 25.0 Å². The van der Waals surface area contributed by atoms with E-state index in [2.05, 4.69) is 20.3 Å². The first-order valence-electron chi connectivity index (χ1n) is 9.42. The second kappa shape index (κ2) is 7.29. The van der Waals surface area contributed by atoms with E-state index in [0.717, 1.165) is 5.56 Å². The fourth-order valence-corrected chi connectivity index (χ4v) is 3.81. The van der Waals surface area contributed by atoms with Crippen LogP contribution in [0.3, 0.4) is 0 Å². The largest absolute Gasteiger partial charge is 0.394 e. The van der Waals surface area contributed by atoms with Gasteiger partial charge in [-0.2, -0.15) is 4.98 Å². The molecule has 1 amide bonds. The molecule has 2 aromatic heterocycles. The second-order valence-electron chi connectivity index (χ2n) is 7.11. The predicted octanol–water partition coefficient (Wildman–Crippen LogP) is 0.450. The Bertz CT molecular complexity index is 1150. The number of ether oxygens (including phenoxy) is 3. The molecule has 2 unspecified atom stereocenters. The van der Waals surface area contributed by atoms with E-state index >= 15 is 0 Å². The number of aliphatic hydroxyl groups is 1. The van der Waals surface area contributed by atoms with E-state index < -0.39 is 36.4 Å². The molecular formula is C19H19N5O6. The predicted molar refractivity (Wildman–Crippen MR) is 102 cm³/mol. The number of anilines is 1. The van der Waals surface area contributed by atoms with Crippen LogP contribution in [0.4, 0.5) is 5.95 Å². The lowest BCUT2D eigenvalue weighted by atomic mass is 10.1. The molecule has 2 aliphatic heterocycles. The van der Waals surface area contributed by atoms with Gasteiger partial charge in [0.15, 0.2) is 23.7 Å². The second-order valence-corrected chi connectivity index (χ2v) is 7.11. The molecule has 156 valence electrons. The maximum Gasteiger partial charge on any atom is 0.280 e. The number of carbonyl (C=O) groups excluding carboxylic acids is 1. The van der Waals surface area contributed by atoms with Crippen LogP contribution in [0.5, 0.6) is 0 Å². The van der Waals surface area contributed by atoms with Crippen molar-refractivity contribution in [2.75, 3.05) is 11.9 Å². The van der Waals surface area contributed by atoms with E-state index in [0.29, 0.717) is 0 Å². The highest BCUT2D eigenvalue weighted by Gasteiger charge is 2.53. The van der Waals surface area contributed by atoms with Crippen molar-refractivity contribution in [3.05, 3.63) is 52.6 Å². The first-order chi connectivity index (χ1) is 14.5. The Morgan fingerprint density at radius 2 is 2.00 bits per heavy atom. The third kappa shape index (κ3) is 3.08. The summed E-state index contributed by atoms with van der Waals surface area (Å²) >= 11 is 0. The molecule has 0 radical (unpaired) electrons. The zero-order valence-corrected chi connectivity index (χ0v) is 15.9. The maximum absolute atomic E-state index is 12.3. The summed E-state index contributed by atoms with van der Waals surface area (Å²) in [6.07, 6.45) is -1.61. The minimum absolute atomic E-state index is 0.000701. The average molecular weight is 413 g/mol. The standard InChI is InChI=1S/C19H19N5O6/c1-9(26)21-19-22-15-12(16(27)23-19)20-8-24(15)17-14-13(11(7-25)28-17)29-18(30-14)10-5-3-2-4-6-10/h2-6,8,11,13-14,17-18,25H,7H2,1H3,(H2,21,22,23,26,27)/t11-,13?,14+,17-,18?/m1/s1. The zero-order chi connectivity index (χ0) is 20.8. The van der Waals surface area contributed by atoms with Crippen molar-refractivity contribution in [1.82, 2.24) is 19.5 Å². The summed E-state index contributed by atoms with van der Waals surface area (Å²) in [7, 11) is 0. The summed E-state index contributed by atoms with van der Waals surface area (Å²) < 4.78 is 19.7. The van der Waals surface area contributed by atoms with Crippen molar-refractivity contribution in [3.63, 3.8) is 0 Å². The molecule has 11 nitrogen and oxygen atoms in total. The Morgan fingerprint density at radius 3 is 2.73 bits per heavy atom. The molecule has 11 heteroatoms. The molecule has 0 saturated carbocycles. The van der Waals surface area contributed by atoms with Crippen LogP contribution >= 0.6 is 0 Å². The molecule has 2 fully saturated rings. The molecule has 2 saturated heterocycles. The molecule has 0 spiro atoms. The van der Waals surface area contributed by atoms with Gasteiger partial charge < -0.3 is 19.3 Å². The van der Waals surface area contributed by atoms with Gasteiger partial charge in [-0.1, -0.05) is 30.3 Å². The number of fused-ring (bicyclic) bond motifs is 2. The highest BCUT2D eigenvalue weighted by Crippen LogP contribution is 2.44. The highest BCUT2D eigenvalue weighted by atomic mass is 16.8. The number of hydrogen-bond acceptors (Lipinski definition) is 8. The van der Waals surface area contributed by atoms with Crippen LogP contribution in [-0.4, -0.2) is 55.5 Å². The molecule has 4 heterocycles. The first-order valence-corrected chi connectivity index (χ1v) is 9.42. The van der Waals surface area contributed by atoms with E-state index in [1.54, 1.807) is 4.57 Å². The van der Waals surface area contributed by atoms with E-state index in [4.69, 9.17) is 14.2 Å². The van der Waals surface area contributed by atoms with Crippen molar-refractivity contribution in [2.24, 2.45) is 0 Å². The number of rotatable bonds is 4. The third-order valence-electron chi connectivity index (χ3n) is 5.10. The number of aromatic nitrogens is 4. The lowest BCUT2D eigenvalue weighted by Crippen LogP contribution is -2.30. The molecule has 3 aromatic rings.